The van der Waals surface area contributed by atoms with Gasteiger partial charge < -0.3 is 10.6 Å². The molecule has 2 nitrogen and oxygen atoms in total. The fourth-order valence-electron chi connectivity index (χ4n) is 1.08. The largest absolute Gasteiger partial charge is 0.315 e. The highest BCUT2D eigenvalue weighted by atomic mass is 79.9. The first-order valence-corrected chi connectivity index (χ1v) is 4.35. The van der Waals surface area contributed by atoms with Crippen molar-refractivity contribution in [1.29, 1.82) is 0 Å². The van der Waals surface area contributed by atoms with E-state index in [0.717, 1.165) is 24.1 Å². The summed E-state index contributed by atoms with van der Waals surface area (Å²) in [6.07, 6.45) is 1.24. The minimum absolute atomic E-state index is 0.647. The number of rotatable bonds is 3. The molecule has 0 aromatic rings. The molecule has 0 aromatic carbocycles. The Morgan fingerprint density at radius 2 is 2.60 bits per heavy atom. The van der Waals surface area contributed by atoms with Crippen LogP contribution in [0.4, 0.5) is 0 Å². The van der Waals surface area contributed by atoms with Crippen LogP contribution >= 0.6 is 15.9 Å². The van der Waals surface area contributed by atoms with Crippen LogP contribution in [0.2, 0.25) is 0 Å². The number of nitrogens with one attached hydrogen (secondary N) is 2. The van der Waals surface area contributed by atoms with E-state index in [0.29, 0.717) is 6.04 Å². The Hall–Kier alpha value is 0.140. The first-order valence-electron chi connectivity index (χ1n) is 3.56. The summed E-state index contributed by atoms with van der Waals surface area (Å²) in [7, 11) is 0. The summed E-state index contributed by atoms with van der Waals surface area (Å²) >= 11 is 3.30. The number of hydrogen-bond donors (Lipinski definition) is 2. The van der Waals surface area contributed by atoms with Crippen molar-refractivity contribution >= 4 is 15.9 Å². The van der Waals surface area contributed by atoms with E-state index in [2.05, 4.69) is 33.1 Å². The second kappa shape index (κ2) is 4.11. The van der Waals surface area contributed by atoms with Gasteiger partial charge in [0.1, 0.15) is 0 Å². The molecule has 1 saturated heterocycles. The van der Waals surface area contributed by atoms with Crippen LogP contribution in [0.15, 0.2) is 11.1 Å². The lowest BCUT2D eigenvalue weighted by atomic mass is 10.3. The topological polar surface area (TPSA) is 24.1 Å². The van der Waals surface area contributed by atoms with Crippen molar-refractivity contribution < 1.29 is 0 Å². The monoisotopic (exact) mass is 204 g/mol. The third-order valence-electron chi connectivity index (χ3n) is 1.64. The predicted molar refractivity (Wildman–Crippen MR) is 47.3 cm³/mol. The van der Waals surface area contributed by atoms with Crippen molar-refractivity contribution in [3.8, 4) is 0 Å². The quantitative estimate of drug-likeness (QED) is 0.713. The average Bonchev–Trinajstić information content (AvgIpc) is 2.34. The van der Waals surface area contributed by atoms with Gasteiger partial charge >= 0.3 is 0 Å². The second-order valence-electron chi connectivity index (χ2n) is 2.59. The van der Waals surface area contributed by atoms with Crippen molar-refractivity contribution in [3.05, 3.63) is 11.1 Å². The molecule has 1 aliphatic heterocycles. The molecule has 2 N–H and O–H groups in total. The third-order valence-corrected chi connectivity index (χ3v) is 1.92. The maximum atomic E-state index is 3.75. The van der Waals surface area contributed by atoms with Crippen LogP contribution in [-0.2, 0) is 0 Å². The molecule has 0 bridgehead atoms. The van der Waals surface area contributed by atoms with Gasteiger partial charge in [-0.05, 0) is 13.0 Å². The molecule has 0 spiro atoms. The number of halogens is 1. The van der Waals surface area contributed by atoms with E-state index >= 15 is 0 Å². The molecule has 1 fully saturated rings. The van der Waals surface area contributed by atoms with Crippen molar-refractivity contribution in [2.45, 2.75) is 12.5 Å². The van der Waals surface area contributed by atoms with Gasteiger partial charge in [0.05, 0.1) is 0 Å². The zero-order chi connectivity index (χ0) is 7.40. The molecule has 1 rings (SSSR count). The predicted octanol–water partition coefficient (Wildman–Crippen LogP) is 0.846. The van der Waals surface area contributed by atoms with Gasteiger partial charge in [-0.3, -0.25) is 0 Å². The first-order chi connectivity index (χ1) is 4.79. The zero-order valence-electron chi connectivity index (χ0n) is 5.99. The Morgan fingerprint density at radius 3 is 3.10 bits per heavy atom. The summed E-state index contributed by atoms with van der Waals surface area (Å²) in [6, 6.07) is 0.647. The maximum Gasteiger partial charge on any atom is 0.0268 e. The normalized spacial score (nSPS) is 25.1. The van der Waals surface area contributed by atoms with Crippen molar-refractivity contribution in [3.63, 3.8) is 0 Å². The molecule has 0 aliphatic carbocycles. The van der Waals surface area contributed by atoms with Gasteiger partial charge in [-0.2, -0.15) is 0 Å². The third kappa shape index (κ3) is 2.82. The summed E-state index contributed by atoms with van der Waals surface area (Å²) in [6.45, 7) is 6.87. The van der Waals surface area contributed by atoms with E-state index in [1.165, 1.54) is 6.42 Å². The Morgan fingerprint density at radius 1 is 1.80 bits per heavy atom. The summed E-state index contributed by atoms with van der Waals surface area (Å²) in [4.78, 5) is 0. The lowest BCUT2D eigenvalue weighted by Gasteiger charge is -2.09. The molecule has 58 valence electrons. The lowest BCUT2D eigenvalue weighted by Crippen LogP contribution is -2.31. The maximum absolute atomic E-state index is 3.75. The molecular formula is C7H13BrN2. The van der Waals surface area contributed by atoms with Crippen LogP contribution in [0, 0.1) is 0 Å². The smallest absolute Gasteiger partial charge is 0.0268 e. The van der Waals surface area contributed by atoms with Crippen molar-refractivity contribution in [1.82, 2.24) is 10.6 Å². The van der Waals surface area contributed by atoms with Gasteiger partial charge in [0.2, 0.25) is 0 Å². The van der Waals surface area contributed by atoms with Crippen LogP contribution in [0.1, 0.15) is 6.42 Å². The molecule has 0 amide bonds. The summed E-state index contributed by atoms with van der Waals surface area (Å²) in [5, 5.41) is 6.66. The summed E-state index contributed by atoms with van der Waals surface area (Å²) < 4.78 is 1.03. The average molecular weight is 205 g/mol. The molecule has 1 heterocycles. The molecule has 1 atom stereocenters. The van der Waals surface area contributed by atoms with Crippen LogP contribution < -0.4 is 10.6 Å². The van der Waals surface area contributed by atoms with Crippen LogP contribution in [-0.4, -0.2) is 25.7 Å². The minimum Gasteiger partial charge on any atom is -0.315 e. The molecule has 1 aliphatic rings. The van der Waals surface area contributed by atoms with Gasteiger partial charge in [0, 0.05) is 23.6 Å². The fourth-order valence-corrected chi connectivity index (χ4v) is 1.25. The van der Waals surface area contributed by atoms with Crippen LogP contribution in [0.3, 0.4) is 0 Å². The Labute approximate surface area is 70.2 Å². The van der Waals surface area contributed by atoms with E-state index in [1.54, 1.807) is 0 Å². The van der Waals surface area contributed by atoms with Gasteiger partial charge in [0.25, 0.3) is 0 Å². The zero-order valence-corrected chi connectivity index (χ0v) is 7.58. The van der Waals surface area contributed by atoms with Crippen molar-refractivity contribution in [2.75, 3.05) is 19.6 Å². The number of hydrogen-bond acceptors (Lipinski definition) is 2. The van der Waals surface area contributed by atoms with E-state index < -0.39 is 0 Å². The summed E-state index contributed by atoms with van der Waals surface area (Å²) in [5.74, 6) is 0. The van der Waals surface area contributed by atoms with E-state index in [1.807, 2.05) is 0 Å². The van der Waals surface area contributed by atoms with Crippen LogP contribution in [0.25, 0.3) is 0 Å². The highest BCUT2D eigenvalue weighted by Gasteiger charge is 2.12. The highest BCUT2D eigenvalue weighted by molar-refractivity contribution is 9.11. The molecule has 10 heavy (non-hydrogen) atoms. The van der Waals surface area contributed by atoms with Gasteiger partial charge in [-0.15, -0.1) is 0 Å². The molecule has 0 aromatic heterocycles. The second-order valence-corrected chi connectivity index (χ2v) is 3.71. The molecule has 3 heteroatoms. The first kappa shape index (κ1) is 8.24. The molecule has 0 radical (unpaired) electrons. The van der Waals surface area contributed by atoms with Gasteiger partial charge in [-0.25, -0.2) is 0 Å². The van der Waals surface area contributed by atoms with Crippen molar-refractivity contribution in [2.24, 2.45) is 0 Å². The fraction of sp³-hybridized carbons (Fsp3) is 0.714. The van der Waals surface area contributed by atoms with E-state index in [4.69, 9.17) is 0 Å². The lowest BCUT2D eigenvalue weighted by molar-refractivity contribution is 0.582. The summed E-state index contributed by atoms with van der Waals surface area (Å²) in [5.41, 5.74) is 0. The molecule has 1 unspecified atom stereocenters. The Balaban J connectivity index is 2.07. The van der Waals surface area contributed by atoms with E-state index in [-0.39, 0.29) is 0 Å². The van der Waals surface area contributed by atoms with Gasteiger partial charge in [-0.1, -0.05) is 22.5 Å². The Kier molecular flexibility index (Phi) is 3.39. The molecular weight excluding hydrogens is 192 g/mol. The standard InChI is InChI=1S/C7H13BrN2/c1-6(8)4-10-7-2-3-9-5-7/h7,9-10H,1-5H2. The van der Waals surface area contributed by atoms with Gasteiger partial charge in [0.15, 0.2) is 0 Å². The van der Waals surface area contributed by atoms with E-state index in [9.17, 15) is 0 Å². The minimum atomic E-state index is 0.647. The molecule has 0 saturated carbocycles. The Bertz CT molecular complexity index is 119. The SMILES string of the molecule is C=C(Br)CNC1CCNC1. The highest BCUT2D eigenvalue weighted by Crippen LogP contribution is 2.01. The van der Waals surface area contributed by atoms with Crippen LogP contribution in [0.5, 0.6) is 0 Å².